The number of nitrogens with one attached hydrogen (secondary N) is 2. The van der Waals surface area contributed by atoms with Crippen LogP contribution in [0.4, 0.5) is 5.69 Å². The summed E-state index contributed by atoms with van der Waals surface area (Å²) in [5, 5.41) is 6.31. The second-order valence-electron chi connectivity index (χ2n) is 7.58. The molecule has 3 rings (SSSR count). The van der Waals surface area contributed by atoms with Gasteiger partial charge in [-0.3, -0.25) is 9.59 Å². The van der Waals surface area contributed by atoms with E-state index in [1.54, 1.807) is 36.3 Å². The predicted molar refractivity (Wildman–Crippen MR) is 119 cm³/mol. The molecule has 160 valence electrons. The highest BCUT2D eigenvalue weighted by Crippen LogP contribution is 2.41. The minimum atomic E-state index is -0.124. The molecule has 0 spiro atoms. The van der Waals surface area contributed by atoms with Gasteiger partial charge in [0.05, 0.1) is 13.7 Å². The number of carbonyl (C=O) groups is 2. The fourth-order valence-corrected chi connectivity index (χ4v) is 3.63. The minimum Gasteiger partial charge on any atom is -0.497 e. The number of rotatable bonds is 10. The lowest BCUT2D eigenvalue weighted by atomic mass is 10.0. The van der Waals surface area contributed by atoms with Crippen molar-refractivity contribution in [2.24, 2.45) is 5.92 Å². The molecule has 2 N–H and O–H groups in total. The Kier molecular flexibility index (Phi) is 7.46. The highest BCUT2D eigenvalue weighted by atomic mass is 16.5. The van der Waals surface area contributed by atoms with Gasteiger partial charge in [-0.05, 0) is 68.5 Å². The SMILES string of the molecule is CCN(CC)C(=O)c1cccc(NC(=O)CNC(c2ccc(OC)cc2)C2CC2)c1. The van der Waals surface area contributed by atoms with Gasteiger partial charge in [-0.2, -0.15) is 0 Å². The number of hydrogen-bond acceptors (Lipinski definition) is 4. The van der Waals surface area contributed by atoms with Crippen LogP contribution in [0.2, 0.25) is 0 Å². The Morgan fingerprint density at radius 1 is 1.10 bits per heavy atom. The number of ether oxygens (including phenoxy) is 1. The Labute approximate surface area is 178 Å². The van der Waals surface area contributed by atoms with Crippen molar-refractivity contribution >= 4 is 17.5 Å². The zero-order valence-corrected chi connectivity index (χ0v) is 18.0. The molecule has 2 aromatic rings. The Hall–Kier alpha value is -2.86. The first-order chi connectivity index (χ1) is 14.5. The second kappa shape index (κ2) is 10.3. The molecule has 0 aliphatic heterocycles. The molecule has 2 amide bonds. The van der Waals surface area contributed by atoms with Gasteiger partial charge in [0.1, 0.15) is 5.75 Å². The molecule has 1 fully saturated rings. The fraction of sp³-hybridized carbons (Fsp3) is 0.417. The van der Waals surface area contributed by atoms with Gasteiger partial charge in [-0.25, -0.2) is 0 Å². The van der Waals surface area contributed by atoms with Crippen LogP contribution in [-0.4, -0.2) is 43.5 Å². The van der Waals surface area contributed by atoms with E-state index in [0.717, 1.165) is 11.3 Å². The maximum atomic E-state index is 12.5. The summed E-state index contributed by atoms with van der Waals surface area (Å²) in [7, 11) is 1.65. The van der Waals surface area contributed by atoms with Crippen molar-refractivity contribution in [1.82, 2.24) is 10.2 Å². The van der Waals surface area contributed by atoms with Gasteiger partial charge in [-0.1, -0.05) is 18.2 Å². The average molecular weight is 410 g/mol. The van der Waals surface area contributed by atoms with E-state index in [4.69, 9.17) is 4.74 Å². The van der Waals surface area contributed by atoms with Crippen LogP contribution in [0.1, 0.15) is 48.7 Å². The lowest BCUT2D eigenvalue weighted by Crippen LogP contribution is -2.32. The number of methoxy groups -OCH3 is 1. The van der Waals surface area contributed by atoms with Gasteiger partial charge in [0, 0.05) is 30.4 Å². The number of hydrogen-bond donors (Lipinski definition) is 2. The molecule has 1 atom stereocenters. The lowest BCUT2D eigenvalue weighted by molar-refractivity contribution is -0.115. The van der Waals surface area contributed by atoms with Gasteiger partial charge in [0.25, 0.3) is 5.91 Å². The van der Waals surface area contributed by atoms with E-state index in [2.05, 4.69) is 22.8 Å². The first-order valence-corrected chi connectivity index (χ1v) is 10.6. The van der Waals surface area contributed by atoms with Gasteiger partial charge in [0.15, 0.2) is 0 Å². The molecule has 0 saturated heterocycles. The van der Waals surface area contributed by atoms with Crippen LogP contribution in [-0.2, 0) is 4.79 Å². The number of nitrogens with zero attached hydrogens (tertiary/aromatic N) is 1. The van der Waals surface area contributed by atoms with Crippen molar-refractivity contribution in [3.05, 3.63) is 59.7 Å². The van der Waals surface area contributed by atoms with Crippen LogP contribution in [0.3, 0.4) is 0 Å². The van der Waals surface area contributed by atoms with Gasteiger partial charge in [-0.15, -0.1) is 0 Å². The minimum absolute atomic E-state index is 0.0254. The molecule has 0 bridgehead atoms. The van der Waals surface area contributed by atoms with E-state index < -0.39 is 0 Å². The van der Waals surface area contributed by atoms with E-state index in [-0.39, 0.29) is 24.4 Å². The maximum absolute atomic E-state index is 12.5. The molecule has 1 aliphatic carbocycles. The summed E-state index contributed by atoms with van der Waals surface area (Å²) in [5.41, 5.74) is 2.38. The normalized spacial score (nSPS) is 14.1. The van der Waals surface area contributed by atoms with E-state index in [1.165, 1.54) is 12.8 Å². The van der Waals surface area contributed by atoms with Crippen LogP contribution in [0.5, 0.6) is 5.75 Å². The summed E-state index contributed by atoms with van der Waals surface area (Å²) in [6, 6.07) is 15.3. The molecule has 0 heterocycles. The largest absolute Gasteiger partial charge is 0.497 e. The zero-order valence-electron chi connectivity index (χ0n) is 18.0. The van der Waals surface area contributed by atoms with Crippen molar-refractivity contribution < 1.29 is 14.3 Å². The third-order valence-electron chi connectivity index (χ3n) is 5.49. The summed E-state index contributed by atoms with van der Waals surface area (Å²) < 4.78 is 5.23. The van der Waals surface area contributed by atoms with Crippen molar-refractivity contribution in [3.63, 3.8) is 0 Å². The van der Waals surface area contributed by atoms with Crippen LogP contribution in [0.15, 0.2) is 48.5 Å². The van der Waals surface area contributed by atoms with Crippen molar-refractivity contribution in [1.29, 1.82) is 0 Å². The van der Waals surface area contributed by atoms with E-state index in [1.807, 2.05) is 26.0 Å². The van der Waals surface area contributed by atoms with E-state index in [9.17, 15) is 9.59 Å². The third-order valence-corrected chi connectivity index (χ3v) is 5.49. The molecular weight excluding hydrogens is 378 g/mol. The number of benzene rings is 2. The van der Waals surface area contributed by atoms with E-state index in [0.29, 0.717) is 30.3 Å². The van der Waals surface area contributed by atoms with Crippen LogP contribution < -0.4 is 15.4 Å². The topological polar surface area (TPSA) is 70.7 Å². The van der Waals surface area contributed by atoms with Crippen molar-refractivity contribution in [3.8, 4) is 5.75 Å². The molecule has 1 saturated carbocycles. The molecular formula is C24H31N3O3. The molecule has 1 aliphatic rings. The Bertz CT molecular complexity index is 858. The van der Waals surface area contributed by atoms with E-state index >= 15 is 0 Å². The van der Waals surface area contributed by atoms with Crippen LogP contribution in [0.25, 0.3) is 0 Å². The summed E-state index contributed by atoms with van der Waals surface area (Å²) >= 11 is 0. The van der Waals surface area contributed by atoms with Crippen LogP contribution >= 0.6 is 0 Å². The van der Waals surface area contributed by atoms with Gasteiger partial charge in [0.2, 0.25) is 5.91 Å². The first-order valence-electron chi connectivity index (χ1n) is 10.6. The molecule has 6 heteroatoms. The Morgan fingerprint density at radius 2 is 1.80 bits per heavy atom. The third kappa shape index (κ3) is 5.60. The molecule has 2 aromatic carbocycles. The van der Waals surface area contributed by atoms with Gasteiger partial charge < -0.3 is 20.3 Å². The van der Waals surface area contributed by atoms with Crippen molar-refractivity contribution in [2.45, 2.75) is 32.7 Å². The highest BCUT2D eigenvalue weighted by Gasteiger charge is 2.32. The molecule has 0 radical (unpaired) electrons. The summed E-state index contributed by atoms with van der Waals surface area (Å²) in [6.07, 6.45) is 2.33. The standard InChI is InChI=1S/C24H31N3O3/c1-4-27(5-2)24(29)19-7-6-8-20(15-19)26-22(28)16-25-23(17-9-10-17)18-11-13-21(30-3)14-12-18/h6-8,11-15,17,23,25H,4-5,9-10,16H2,1-3H3,(H,26,28). The summed E-state index contributed by atoms with van der Waals surface area (Å²) in [6.45, 7) is 5.44. The fourth-order valence-electron chi connectivity index (χ4n) is 3.63. The Morgan fingerprint density at radius 3 is 2.40 bits per heavy atom. The predicted octanol–water partition coefficient (Wildman–Crippen LogP) is 3.86. The zero-order chi connectivity index (χ0) is 21.5. The number of carbonyl (C=O) groups excluding carboxylic acids is 2. The van der Waals surface area contributed by atoms with Crippen LogP contribution in [0, 0.1) is 5.92 Å². The number of anilines is 1. The average Bonchev–Trinajstić information content (AvgIpc) is 3.60. The molecule has 1 unspecified atom stereocenters. The number of amides is 2. The smallest absolute Gasteiger partial charge is 0.253 e. The second-order valence-corrected chi connectivity index (χ2v) is 7.58. The molecule has 6 nitrogen and oxygen atoms in total. The Balaban J connectivity index is 1.59. The summed E-state index contributed by atoms with van der Waals surface area (Å²) in [5.74, 6) is 1.23. The highest BCUT2D eigenvalue weighted by molar-refractivity contribution is 5.97. The molecule has 0 aromatic heterocycles. The summed E-state index contributed by atoms with van der Waals surface area (Å²) in [4.78, 5) is 26.8. The molecule has 30 heavy (non-hydrogen) atoms. The van der Waals surface area contributed by atoms with Crippen molar-refractivity contribution in [2.75, 3.05) is 32.1 Å². The quantitative estimate of drug-likeness (QED) is 0.625. The maximum Gasteiger partial charge on any atom is 0.253 e. The monoisotopic (exact) mass is 409 g/mol. The lowest BCUT2D eigenvalue weighted by Gasteiger charge is -2.20. The first kappa shape index (κ1) is 21.8. The van der Waals surface area contributed by atoms with Gasteiger partial charge >= 0.3 is 0 Å².